The lowest BCUT2D eigenvalue weighted by Gasteiger charge is -2.19. The Morgan fingerprint density at radius 3 is 2.62 bits per heavy atom. The maximum atomic E-state index is 15.3. The molecule has 2 N–H and O–H groups in total. The van der Waals surface area contributed by atoms with Gasteiger partial charge in [-0.2, -0.15) is 0 Å². The third kappa shape index (κ3) is 4.96. The number of aryl methyl sites for hydroxylation is 2. The number of hydrogen-bond donors (Lipinski definition) is 1. The molecule has 1 aliphatic carbocycles. The molecule has 0 saturated heterocycles. The Bertz CT molecular complexity index is 1480. The summed E-state index contributed by atoms with van der Waals surface area (Å²) >= 11 is 0. The number of carbonyl (C=O) groups excluding carboxylic acids is 1. The maximum absolute atomic E-state index is 15.3. The summed E-state index contributed by atoms with van der Waals surface area (Å²) in [5.41, 5.74) is 7.41. The number of rotatable bonds is 6. The molecule has 5 rings (SSSR count). The lowest BCUT2D eigenvalue weighted by Crippen LogP contribution is -2.09. The van der Waals surface area contributed by atoms with E-state index in [2.05, 4.69) is 15.3 Å². The Morgan fingerprint density at radius 1 is 1.15 bits per heavy atom. The molecule has 0 spiro atoms. The van der Waals surface area contributed by atoms with Crippen molar-refractivity contribution in [2.24, 2.45) is 21.2 Å². The number of amidine groups is 1. The van der Waals surface area contributed by atoms with Crippen LogP contribution in [0.4, 0.5) is 4.39 Å². The number of nitrogens with zero attached hydrogens (tertiary/aromatic N) is 3. The van der Waals surface area contributed by atoms with Crippen LogP contribution in [0.15, 0.2) is 57.8 Å². The van der Waals surface area contributed by atoms with Gasteiger partial charge in [-0.1, -0.05) is 17.4 Å². The van der Waals surface area contributed by atoms with Crippen LogP contribution in [-0.2, 0) is 16.0 Å². The Labute approximate surface area is 226 Å². The number of esters is 1. The minimum absolute atomic E-state index is 0.0513. The molecule has 8 nitrogen and oxygen atoms in total. The molecule has 3 aromatic rings. The lowest BCUT2D eigenvalue weighted by molar-refractivity contribution is -0.141. The summed E-state index contributed by atoms with van der Waals surface area (Å²) in [5.74, 6) is 6.38. The first kappa shape index (κ1) is 26.3. The number of methoxy groups -OCH3 is 1. The summed E-state index contributed by atoms with van der Waals surface area (Å²) in [5, 5.41) is 7.29. The second-order valence-corrected chi connectivity index (χ2v) is 9.87. The van der Waals surface area contributed by atoms with Gasteiger partial charge in [0.05, 0.1) is 20.1 Å². The second-order valence-electron chi connectivity index (χ2n) is 9.87. The van der Waals surface area contributed by atoms with Crippen LogP contribution in [0.25, 0.3) is 11.1 Å². The minimum Gasteiger partial charge on any atom is -0.492 e. The summed E-state index contributed by atoms with van der Waals surface area (Å²) in [6.07, 6.45) is 1.19. The number of benzene rings is 3. The summed E-state index contributed by atoms with van der Waals surface area (Å²) in [4.78, 5) is 15.9. The molecule has 1 unspecified atom stereocenters. The highest BCUT2D eigenvalue weighted by atomic mass is 19.1. The van der Waals surface area contributed by atoms with Crippen molar-refractivity contribution in [2.45, 2.75) is 45.1 Å². The minimum atomic E-state index is -0.422. The predicted octanol–water partition coefficient (Wildman–Crippen LogP) is 5.92. The van der Waals surface area contributed by atoms with E-state index in [1.54, 1.807) is 7.05 Å². The van der Waals surface area contributed by atoms with E-state index in [-0.39, 0.29) is 24.1 Å². The van der Waals surface area contributed by atoms with Crippen LogP contribution in [0.2, 0.25) is 0 Å². The molecule has 2 atom stereocenters. The van der Waals surface area contributed by atoms with Gasteiger partial charge in [0.2, 0.25) is 0 Å². The molecular formula is C30H31FN4O4. The van der Waals surface area contributed by atoms with Crippen LogP contribution in [0.5, 0.6) is 11.5 Å². The first-order chi connectivity index (χ1) is 18.8. The number of aliphatic imine (C=N–C) groups is 1. The first-order valence-corrected chi connectivity index (χ1v) is 12.9. The van der Waals surface area contributed by atoms with Gasteiger partial charge in [0, 0.05) is 35.7 Å². The molecule has 0 saturated carbocycles. The van der Waals surface area contributed by atoms with Crippen LogP contribution in [0.1, 0.15) is 58.2 Å². The number of halogens is 1. The zero-order valence-corrected chi connectivity index (χ0v) is 22.5. The van der Waals surface area contributed by atoms with E-state index in [0.717, 1.165) is 38.9 Å². The number of hydrogen-bond acceptors (Lipinski definition) is 6. The van der Waals surface area contributed by atoms with E-state index in [4.69, 9.17) is 20.1 Å². The predicted molar refractivity (Wildman–Crippen MR) is 146 cm³/mol. The van der Waals surface area contributed by atoms with Crippen molar-refractivity contribution in [3.63, 3.8) is 0 Å². The normalized spacial score (nSPS) is 18.1. The van der Waals surface area contributed by atoms with E-state index in [1.807, 2.05) is 50.2 Å². The standard InChI is InChI=1S/C30H31FN4O4/c1-16-11-18(30(33-3)34-35-32)12-17(2)28(16)22-7-9-24(31)29-23(22)8-10-25(29)39-20-5-6-21-19(13-27(36)37-4)15-38-26(21)14-20/h5-7,9,11-12,14,19,25H,8,10,13,15H2,1-4H3,(H2,32,33,34)/t19?,25-/m1/s1. The highest BCUT2D eigenvalue weighted by molar-refractivity contribution is 6.00. The first-order valence-electron chi connectivity index (χ1n) is 12.9. The van der Waals surface area contributed by atoms with Crippen molar-refractivity contribution in [3.05, 3.63) is 81.7 Å². The lowest BCUT2D eigenvalue weighted by atomic mass is 9.89. The quantitative estimate of drug-likeness (QED) is 0.106. The molecule has 3 aromatic carbocycles. The molecule has 0 bridgehead atoms. The van der Waals surface area contributed by atoms with Gasteiger partial charge in [-0.25, -0.2) is 4.39 Å². The molecule has 0 aromatic heterocycles. The van der Waals surface area contributed by atoms with Crippen molar-refractivity contribution in [3.8, 4) is 22.6 Å². The van der Waals surface area contributed by atoms with Crippen LogP contribution in [0, 0.1) is 19.7 Å². The second kappa shape index (κ2) is 10.8. The molecule has 202 valence electrons. The Balaban J connectivity index is 1.44. The van der Waals surface area contributed by atoms with Crippen LogP contribution in [0.3, 0.4) is 0 Å². The summed E-state index contributed by atoms with van der Waals surface area (Å²) in [6, 6.07) is 13.0. The monoisotopic (exact) mass is 530 g/mol. The molecule has 2 aliphatic rings. The number of fused-ring (bicyclic) bond motifs is 2. The third-order valence-corrected chi connectivity index (χ3v) is 7.49. The van der Waals surface area contributed by atoms with Crippen molar-refractivity contribution in [2.75, 3.05) is 20.8 Å². The van der Waals surface area contributed by atoms with Gasteiger partial charge in [-0.05, 0) is 78.8 Å². The van der Waals surface area contributed by atoms with Crippen molar-refractivity contribution in [1.82, 2.24) is 0 Å². The van der Waals surface area contributed by atoms with Gasteiger partial charge in [-0.15, -0.1) is 5.11 Å². The summed E-state index contributed by atoms with van der Waals surface area (Å²) < 4.78 is 32.2. The Kier molecular flexibility index (Phi) is 7.32. The van der Waals surface area contributed by atoms with Crippen molar-refractivity contribution >= 4 is 11.8 Å². The Hall–Kier alpha value is -4.27. The van der Waals surface area contributed by atoms with Crippen LogP contribution in [-0.4, -0.2) is 32.6 Å². The molecule has 0 fully saturated rings. The van der Waals surface area contributed by atoms with Gasteiger partial charge >= 0.3 is 5.97 Å². The summed E-state index contributed by atoms with van der Waals surface area (Å²) in [6.45, 7) is 4.46. The van der Waals surface area contributed by atoms with Crippen molar-refractivity contribution in [1.29, 1.82) is 0 Å². The molecule has 0 amide bonds. The van der Waals surface area contributed by atoms with E-state index in [9.17, 15) is 4.79 Å². The van der Waals surface area contributed by atoms with Gasteiger partial charge < -0.3 is 20.1 Å². The highest BCUT2D eigenvalue weighted by Crippen LogP contribution is 2.45. The van der Waals surface area contributed by atoms with Crippen LogP contribution >= 0.6 is 0 Å². The summed E-state index contributed by atoms with van der Waals surface area (Å²) in [7, 11) is 3.02. The average Bonchev–Trinajstić information content (AvgIpc) is 3.52. The molecule has 1 heterocycles. The molecule has 9 heteroatoms. The van der Waals surface area contributed by atoms with Crippen LogP contribution < -0.4 is 15.3 Å². The fourth-order valence-electron chi connectivity index (χ4n) is 5.78. The zero-order valence-electron chi connectivity index (χ0n) is 22.5. The van der Waals surface area contributed by atoms with E-state index in [0.29, 0.717) is 42.3 Å². The molecule has 39 heavy (non-hydrogen) atoms. The topological polar surface area (TPSA) is 108 Å². The van der Waals surface area contributed by atoms with E-state index < -0.39 is 6.10 Å². The zero-order chi connectivity index (χ0) is 27.7. The van der Waals surface area contributed by atoms with E-state index >= 15 is 4.39 Å². The molecular weight excluding hydrogens is 499 g/mol. The van der Waals surface area contributed by atoms with Crippen molar-refractivity contribution < 1.29 is 23.4 Å². The molecule has 1 aliphatic heterocycles. The average molecular weight is 531 g/mol. The number of ether oxygens (including phenoxy) is 3. The Morgan fingerprint density at radius 2 is 1.92 bits per heavy atom. The fourth-order valence-corrected chi connectivity index (χ4v) is 5.78. The SMILES string of the molecule is CN=C(N=NN)c1cc(C)c(-c2ccc(F)c3c2CC[C@H]3Oc2ccc3c(c2)OCC3CC(=O)OC)c(C)c1. The number of carbonyl (C=O) groups is 1. The number of nitrogens with two attached hydrogens (primary N) is 1. The van der Waals surface area contributed by atoms with Gasteiger partial charge in [0.25, 0.3) is 0 Å². The fraction of sp³-hybridized carbons (Fsp3) is 0.333. The maximum Gasteiger partial charge on any atom is 0.306 e. The smallest absolute Gasteiger partial charge is 0.306 e. The molecule has 0 radical (unpaired) electrons. The highest BCUT2D eigenvalue weighted by Gasteiger charge is 2.32. The van der Waals surface area contributed by atoms with Gasteiger partial charge in [-0.3, -0.25) is 9.79 Å². The van der Waals surface area contributed by atoms with Gasteiger partial charge in [0.15, 0.2) is 5.84 Å². The van der Waals surface area contributed by atoms with E-state index in [1.165, 1.54) is 13.2 Å². The third-order valence-electron chi connectivity index (χ3n) is 7.49. The van der Waals surface area contributed by atoms with Gasteiger partial charge in [0.1, 0.15) is 23.4 Å². The largest absolute Gasteiger partial charge is 0.492 e.